The minimum atomic E-state index is -0.594. The number of rotatable bonds is 7. The number of ether oxygens (including phenoxy) is 2. The first-order valence-electron chi connectivity index (χ1n) is 9.21. The first kappa shape index (κ1) is 22.0. The van der Waals surface area contributed by atoms with Gasteiger partial charge in [-0.05, 0) is 59.7 Å². The number of nitrogens with one attached hydrogen (secondary N) is 2. The molecule has 158 valence electrons. The standard InChI is InChI=1S/C23H20ClN3O4/c1-30-13-31-23(29)19-11-8-15(24)12-20(19)17-4-2-3-5-18(17)22(28)27-16-9-6-14(7-10-16)21(25)26/h2-12H,13H2,1H3,(H3,25,26)(H,27,28). The van der Waals surface area contributed by atoms with Crippen molar-refractivity contribution in [2.24, 2.45) is 5.73 Å². The van der Waals surface area contributed by atoms with Gasteiger partial charge in [-0.1, -0.05) is 29.8 Å². The highest BCUT2D eigenvalue weighted by atomic mass is 35.5. The Kier molecular flexibility index (Phi) is 7.02. The molecule has 0 aliphatic rings. The summed E-state index contributed by atoms with van der Waals surface area (Å²) in [4.78, 5) is 25.5. The number of halogens is 1. The highest BCUT2D eigenvalue weighted by Gasteiger charge is 2.20. The van der Waals surface area contributed by atoms with E-state index in [4.69, 9.17) is 32.2 Å². The molecule has 3 rings (SSSR count). The van der Waals surface area contributed by atoms with Gasteiger partial charge in [-0.3, -0.25) is 10.2 Å². The second-order valence-corrected chi connectivity index (χ2v) is 6.96. The average Bonchev–Trinajstić information content (AvgIpc) is 2.77. The Morgan fingerprint density at radius 3 is 2.39 bits per heavy atom. The van der Waals surface area contributed by atoms with Gasteiger partial charge in [0, 0.05) is 28.9 Å². The number of carbonyl (C=O) groups excluding carboxylic acids is 2. The van der Waals surface area contributed by atoms with Gasteiger partial charge >= 0.3 is 5.97 Å². The number of nitrogens with two attached hydrogens (primary N) is 1. The lowest BCUT2D eigenvalue weighted by Crippen LogP contribution is -2.15. The van der Waals surface area contributed by atoms with E-state index in [2.05, 4.69) is 5.32 Å². The summed E-state index contributed by atoms with van der Waals surface area (Å²) in [6.07, 6.45) is 0. The van der Waals surface area contributed by atoms with Crippen molar-refractivity contribution in [1.82, 2.24) is 0 Å². The Morgan fingerprint density at radius 1 is 1.00 bits per heavy atom. The van der Waals surface area contributed by atoms with Gasteiger partial charge in [0.25, 0.3) is 5.91 Å². The van der Waals surface area contributed by atoms with Crippen LogP contribution in [0.15, 0.2) is 66.7 Å². The fraction of sp³-hybridized carbons (Fsp3) is 0.0870. The van der Waals surface area contributed by atoms with Gasteiger partial charge in [-0.15, -0.1) is 0 Å². The number of amides is 1. The van der Waals surface area contributed by atoms with E-state index < -0.39 is 5.97 Å². The van der Waals surface area contributed by atoms with Crippen LogP contribution < -0.4 is 11.1 Å². The van der Waals surface area contributed by atoms with Crippen molar-refractivity contribution in [1.29, 1.82) is 5.41 Å². The number of methoxy groups -OCH3 is 1. The quantitative estimate of drug-likeness (QED) is 0.220. The highest BCUT2D eigenvalue weighted by Crippen LogP contribution is 2.31. The van der Waals surface area contributed by atoms with Crippen LogP contribution in [0.5, 0.6) is 0 Å². The lowest BCUT2D eigenvalue weighted by molar-refractivity contribution is -0.0124. The molecule has 0 aliphatic carbocycles. The Hall–Kier alpha value is -3.68. The average molecular weight is 438 g/mol. The normalized spacial score (nSPS) is 10.4. The van der Waals surface area contributed by atoms with Gasteiger partial charge in [-0.2, -0.15) is 0 Å². The van der Waals surface area contributed by atoms with E-state index in [-0.39, 0.29) is 24.1 Å². The Bertz CT molecular complexity index is 1130. The van der Waals surface area contributed by atoms with Crippen molar-refractivity contribution < 1.29 is 19.1 Å². The number of amidine groups is 1. The molecule has 0 spiro atoms. The summed E-state index contributed by atoms with van der Waals surface area (Å²) in [5, 5.41) is 10.7. The Labute approximate surface area is 184 Å². The van der Waals surface area contributed by atoms with Gasteiger partial charge in [0.05, 0.1) is 5.56 Å². The summed E-state index contributed by atoms with van der Waals surface area (Å²) in [5.74, 6) is -1.03. The second kappa shape index (κ2) is 9.88. The molecule has 0 atom stereocenters. The predicted molar refractivity (Wildman–Crippen MR) is 120 cm³/mol. The van der Waals surface area contributed by atoms with Crippen LogP contribution in [-0.2, 0) is 9.47 Å². The van der Waals surface area contributed by atoms with E-state index in [1.807, 2.05) is 0 Å². The van der Waals surface area contributed by atoms with Crippen LogP contribution in [0.4, 0.5) is 5.69 Å². The third-order valence-corrected chi connectivity index (χ3v) is 4.66. The highest BCUT2D eigenvalue weighted by molar-refractivity contribution is 6.31. The molecule has 1 amide bonds. The Morgan fingerprint density at radius 2 is 1.71 bits per heavy atom. The molecule has 8 heteroatoms. The third-order valence-electron chi connectivity index (χ3n) is 4.43. The number of nitrogen functional groups attached to an aromatic ring is 1. The number of anilines is 1. The molecule has 0 aromatic heterocycles. The summed E-state index contributed by atoms with van der Waals surface area (Å²) in [6.45, 7) is -0.195. The zero-order chi connectivity index (χ0) is 22.4. The van der Waals surface area contributed by atoms with Crippen LogP contribution in [0.25, 0.3) is 11.1 Å². The lowest BCUT2D eigenvalue weighted by Gasteiger charge is -2.14. The summed E-state index contributed by atoms with van der Waals surface area (Å²) >= 11 is 6.17. The molecule has 0 aliphatic heterocycles. The van der Waals surface area contributed by atoms with E-state index in [0.29, 0.717) is 33.0 Å². The smallest absolute Gasteiger partial charge is 0.340 e. The summed E-state index contributed by atoms with van der Waals surface area (Å²) < 4.78 is 9.87. The molecule has 0 fully saturated rings. The molecular weight excluding hydrogens is 418 g/mol. The summed E-state index contributed by atoms with van der Waals surface area (Å²) in [7, 11) is 1.42. The molecule has 0 heterocycles. The zero-order valence-corrected chi connectivity index (χ0v) is 17.4. The zero-order valence-electron chi connectivity index (χ0n) is 16.6. The fourth-order valence-electron chi connectivity index (χ4n) is 2.96. The van der Waals surface area contributed by atoms with Gasteiger partial charge in [-0.25, -0.2) is 4.79 Å². The van der Waals surface area contributed by atoms with Crippen molar-refractivity contribution in [2.75, 3.05) is 19.2 Å². The van der Waals surface area contributed by atoms with Crippen LogP contribution in [-0.4, -0.2) is 31.6 Å². The maximum absolute atomic E-state index is 13.0. The van der Waals surface area contributed by atoms with Crippen LogP contribution in [0.1, 0.15) is 26.3 Å². The minimum absolute atomic E-state index is 0.0583. The maximum Gasteiger partial charge on any atom is 0.340 e. The molecule has 0 bridgehead atoms. The molecule has 4 N–H and O–H groups in total. The fourth-order valence-corrected chi connectivity index (χ4v) is 3.13. The van der Waals surface area contributed by atoms with Crippen molar-refractivity contribution in [3.63, 3.8) is 0 Å². The Balaban J connectivity index is 1.97. The van der Waals surface area contributed by atoms with E-state index in [1.165, 1.54) is 7.11 Å². The van der Waals surface area contributed by atoms with E-state index in [9.17, 15) is 9.59 Å². The summed E-state index contributed by atoms with van der Waals surface area (Å²) in [6, 6.07) is 18.2. The first-order valence-corrected chi connectivity index (χ1v) is 9.59. The van der Waals surface area contributed by atoms with E-state index >= 15 is 0 Å². The van der Waals surface area contributed by atoms with Crippen molar-refractivity contribution in [3.8, 4) is 11.1 Å². The van der Waals surface area contributed by atoms with Crippen molar-refractivity contribution in [2.45, 2.75) is 0 Å². The third kappa shape index (κ3) is 5.28. The van der Waals surface area contributed by atoms with Crippen LogP contribution >= 0.6 is 11.6 Å². The topological polar surface area (TPSA) is 114 Å². The number of benzene rings is 3. The number of carbonyl (C=O) groups is 2. The van der Waals surface area contributed by atoms with Crippen LogP contribution in [0.3, 0.4) is 0 Å². The predicted octanol–water partition coefficient (Wildman–Crippen LogP) is 4.30. The second-order valence-electron chi connectivity index (χ2n) is 6.52. The van der Waals surface area contributed by atoms with E-state index in [0.717, 1.165) is 0 Å². The minimum Gasteiger partial charge on any atom is -0.435 e. The van der Waals surface area contributed by atoms with Crippen LogP contribution in [0.2, 0.25) is 5.02 Å². The molecule has 3 aromatic carbocycles. The van der Waals surface area contributed by atoms with Crippen molar-refractivity contribution in [3.05, 3.63) is 88.4 Å². The number of esters is 1. The molecule has 0 saturated heterocycles. The molecule has 3 aromatic rings. The molecular formula is C23H20ClN3O4. The largest absolute Gasteiger partial charge is 0.435 e. The molecule has 31 heavy (non-hydrogen) atoms. The number of hydrogen-bond donors (Lipinski definition) is 3. The monoisotopic (exact) mass is 437 g/mol. The van der Waals surface area contributed by atoms with Gasteiger partial charge in [0.1, 0.15) is 5.84 Å². The van der Waals surface area contributed by atoms with E-state index in [1.54, 1.807) is 66.7 Å². The molecule has 0 saturated carbocycles. The molecule has 0 unspecified atom stereocenters. The molecule has 7 nitrogen and oxygen atoms in total. The van der Waals surface area contributed by atoms with Gasteiger partial charge in [0.2, 0.25) is 0 Å². The van der Waals surface area contributed by atoms with Crippen molar-refractivity contribution >= 4 is 35.0 Å². The van der Waals surface area contributed by atoms with Gasteiger partial charge < -0.3 is 20.5 Å². The maximum atomic E-state index is 13.0. The van der Waals surface area contributed by atoms with Gasteiger partial charge in [0.15, 0.2) is 6.79 Å². The first-order chi connectivity index (χ1) is 14.9. The summed E-state index contributed by atoms with van der Waals surface area (Å²) in [5.41, 5.74) is 8.14. The molecule has 0 radical (unpaired) electrons. The van der Waals surface area contributed by atoms with Crippen LogP contribution in [0, 0.1) is 5.41 Å². The number of hydrogen-bond acceptors (Lipinski definition) is 5. The lowest BCUT2D eigenvalue weighted by atomic mass is 9.95. The SMILES string of the molecule is COCOC(=O)c1ccc(Cl)cc1-c1ccccc1C(=O)Nc1ccc(C(=N)N)cc1.